The van der Waals surface area contributed by atoms with Crippen LogP contribution in [-0.2, 0) is 0 Å². The Balaban J connectivity index is 2.19. The SMILES string of the molecule is CN1C[C@@H]2C(N)CC(C)(C)[C@@H]2C1. The first-order valence-electron chi connectivity index (χ1n) is 4.95. The topological polar surface area (TPSA) is 29.3 Å². The van der Waals surface area contributed by atoms with Crippen molar-refractivity contribution < 1.29 is 0 Å². The average Bonchev–Trinajstić information content (AvgIpc) is 2.37. The molecule has 1 aliphatic carbocycles. The standard InChI is InChI=1S/C10H20N2/c1-10(2)4-9(11)7-5-12(3)6-8(7)10/h7-9H,4-6,11H2,1-3H3/t7-,8+,9?/m0/s1. The maximum absolute atomic E-state index is 6.13. The maximum Gasteiger partial charge on any atom is 0.00879 e. The van der Waals surface area contributed by atoms with Crippen molar-refractivity contribution in [2.75, 3.05) is 20.1 Å². The van der Waals surface area contributed by atoms with Gasteiger partial charge in [-0.2, -0.15) is 0 Å². The summed E-state index contributed by atoms with van der Waals surface area (Å²) in [6, 6.07) is 0.454. The smallest absolute Gasteiger partial charge is 0.00879 e. The molecule has 0 spiro atoms. The summed E-state index contributed by atoms with van der Waals surface area (Å²) in [6.07, 6.45) is 1.22. The summed E-state index contributed by atoms with van der Waals surface area (Å²) in [4.78, 5) is 2.43. The molecule has 1 aliphatic heterocycles. The predicted octanol–water partition coefficient (Wildman–Crippen LogP) is 0.921. The zero-order chi connectivity index (χ0) is 8.93. The lowest BCUT2D eigenvalue weighted by molar-refractivity contribution is 0.236. The second-order valence-electron chi connectivity index (χ2n) is 5.35. The molecule has 1 saturated heterocycles. The van der Waals surface area contributed by atoms with Crippen molar-refractivity contribution in [1.29, 1.82) is 0 Å². The minimum atomic E-state index is 0.454. The Morgan fingerprint density at radius 1 is 1.33 bits per heavy atom. The second kappa shape index (κ2) is 2.46. The molecule has 0 bridgehead atoms. The fourth-order valence-corrected chi connectivity index (χ4v) is 3.20. The molecule has 1 unspecified atom stereocenters. The van der Waals surface area contributed by atoms with E-state index in [1.54, 1.807) is 0 Å². The van der Waals surface area contributed by atoms with E-state index < -0.39 is 0 Å². The van der Waals surface area contributed by atoms with Crippen molar-refractivity contribution in [2.24, 2.45) is 23.0 Å². The summed E-state index contributed by atoms with van der Waals surface area (Å²) in [7, 11) is 2.21. The van der Waals surface area contributed by atoms with Crippen LogP contribution in [0.2, 0.25) is 0 Å². The lowest BCUT2D eigenvalue weighted by Crippen LogP contribution is -2.29. The normalized spacial score (nSPS) is 46.5. The summed E-state index contributed by atoms with van der Waals surface area (Å²) in [5, 5.41) is 0. The van der Waals surface area contributed by atoms with E-state index >= 15 is 0 Å². The highest BCUT2D eigenvalue weighted by Gasteiger charge is 2.50. The first-order valence-corrected chi connectivity index (χ1v) is 4.95. The van der Waals surface area contributed by atoms with Crippen molar-refractivity contribution in [3.63, 3.8) is 0 Å². The maximum atomic E-state index is 6.13. The van der Waals surface area contributed by atoms with Gasteiger partial charge in [0.15, 0.2) is 0 Å². The lowest BCUT2D eigenvalue weighted by Gasteiger charge is -2.25. The Labute approximate surface area is 75.1 Å². The van der Waals surface area contributed by atoms with Gasteiger partial charge in [0.05, 0.1) is 0 Å². The summed E-state index contributed by atoms with van der Waals surface area (Å²) in [5.74, 6) is 1.61. The Morgan fingerprint density at radius 2 is 2.00 bits per heavy atom. The zero-order valence-corrected chi connectivity index (χ0v) is 8.38. The van der Waals surface area contributed by atoms with E-state index in [0.29, 0.717) is 11.5 Å². The van der Waals surface area contributed by atoms with E-state index in [2.05, 4.69) is 25.8 Å². The molecular formula is C10H20N2. The molecule has 12 heavy (non-hydrogen) atoms. The largest absolute Gasteiger partial charge is 0.327 e. The van der Waals surface area contributed by atoms with E-state index in [1.807, 2.05) is 0 Å². The first kappa shape index (κ1) is 8.52. The molecule has 2 nitrogen and oxygen atoms in total. The molecule has 0 amide bonds. The third-order valence-electron chi connectivity index (χ3n) is 3.86. The van der Waals surface area contributed by atoms with E-state index in [-0.39, 0.29) is 0 Å². The van der Waals surface area contributed by atoms with E-state index in [9.17, 15) is 0 Å². The highest BCUT2D eigenvalue weighted by molar-refractivity contribution is 5.03. The highest BCUT2D eigenvalue weighted by atomic mass is 15.1. The minimum Gasteiger partial charge on any atom is -0.327 e. The van der Waals surface area contributed by atoms with Gasteiger partial charge in [-0.1, -0.05) is 13.8 Å². The number of hydrogen-bond acceptors (Lipinski definition) is 2. The Hall–Kier alpha value is -0.0800. The molecule has 2 rings (SSSR count). The molecule has 0 aromatic heterocycles. The summed E-state index contributed by atoms with van der Waals surface area (Å²) >= 11 is 0. The van der Waals surface area contributed by atoms with E-state index in [0.717, 1.165) is 11.8 Å². The van der Waals surface area contributed by atoms with Crippen LogP contribution in [-0.4, -0.2) is 31.1 Å². The molecule has 2 heteroatoms. The Morgan fingerprint density at radius 3 is 2.58 bits per heavy atom. The number of likely N-dealkylation sites (tertiary alicyclic amines) is 1. The second-order valence-corrected chi connectivity index (χ2v) is 5.35. The van der Waals surface area contributed by atoms with Crippen LogP contribution in [0.4, 0.5) is 0 Å². The summed E-state index contributed by atoms with van der Waals surface area (Å²) in [6.45, 7) is 7.22. The van der Waals surface area contributed by atoms with Gasteiger partial charge in [0, 0.05) is 19.1 Å². The molecule has 1 saturated carbocycles. The van der Waals surface area contributed by atoms with Gasteiger partial charge < -0.3 is 10.6 Å². The van der Waals surface area contributed by atoms with Crippen LogP contribution < -0.4 is 5.73 Å². The van der Waals surface area contributed by atoms with Gasteiger partial charge in [-0.25, -0.2) is 0 Å². The fourth-order valence-electron chi connectivity index (χ4n) is 3.20. The molecule has 2 aliphatic rings. The Bertz CT molecular complexity index is 188. The van der Waals surface area contributed by atoms with E-state index in [1.165, 1.54) is 19.5 Å². The number of rotatable bonds is 0. The first-order chi connectivity index (χ1) is 5.50. The van der Waals surface area contributed by atoms with Crippen molar-refractivity contribution in [2.45, 2.75) is 26.3 Å². The van der Waals surface area contributed by atoms with Crippen LogP contribution in [0.25, 0.3) is 0 Å². The van der Waals surface area contributed by atoms with Crippen molar-refractivity contribution in [3.05, 3.63) is 0 Å². The molecule has 2 N–H and O–H groups in total. The predicted molar refractivity (Wildman–Crippen MR) is 50.9 cm³/mol. The van der Waals surface area contributed by atoms with Gasteiger partial charge in [-0.3, -0.25) is 0 Å². The molecule has 0 radical (unpaired) electrons. The van der Waals surface area contributed by atoms with Gasteiger partial charge in [-0.05, 0) is 30.7 Å². The molecule has 2 fully saturated rings. The lowest BCUT2D eigenvalue weighted by atomic mass is 9.80. The minimum absolute atomic E-state index is 0.454. The molecule has 3 atom stereocenters. The summed E-state index contributed by atoms with van der Waals surface area (Å²) < 4.78 is 0. The third-order valence-corrected chi connectivity index (χ3v) is 3.86. The van der Waals surface area contributed by atoms with Crippen LogP contribution in [0.3, 0.4) is 0 Å². The quantitative estimate of drug-likeness (QED) is 0.583. The Kier molecular flexibility index (Phi) is 1.74. The average molecular weight is 168 g/mol. The summed E-state index contributed by atoms with van der Waals surface area (Å²) in [5.41, 5.74) is 6.61. The van der Waals surface area contributed by atoms with Gasteiger partial charge >= 0.3 is 0 Å². The van der Waals surface area contributed by atoms with Crippen LogP contribution in [0.1, 0.15) is 20.3 Å². The van der Waals surface area contributed by atoms with E-state index in [4.69, 9.17) is 5.73 Å². The van der Waals surface area contributed by atoms with Gasteiger partial charge in [0.2, 0.25) is 0 Å². The molecule has 1 heterocycles. The molecule has 0 aromatic rings. The van der Waals surface area contributed by atoms with Crippen molar-refractivity contribution >= 4 is 0 Å². The highest BCUT2D eigenvalue weighted by Crippen LogP contribution is 2.48. The van der Waals surface area contributed by atoms with Crippen LogP contribution >= 0.6 is 0 Å². The number of nitrogens with zero attached hydrogens (tertiary/aromatic N) is 1. The third kappa shape index (κ3) is 1.09. The van der Waals surface area contributed by atoms with Crippen LogP contribution in [0, 0.1) is 17.3 Å². The van der Waals surface area contributed by atoms with Crippen LogP contribution in [0.15, 0.2) is 0 Å². The fraction of sp³-hybridized carbons (Fsp3) is 1.00. The molecule has 70 valence electrons. The monoisotopic (exact) mass is 168 g/mol. The number of nitrogens with two attached hydrogens (primary N) is 1. The molecule has 0 aromatic carbocycles. The van der Waals surface area contributed by atoms with Gasteiger partial charge in [-0.15, -0.1) is 0 Å². The number of fused-ring (bicyclic) bond motifs is 1. The molecular weight excluding hydrogens is 148 g/mol. The zero-order valence-electron chi connectivity index (χ0n) is 8.38. The van der Waals surface area contributed by atoms with Crippen molar-refractivity contribution in [1.82, 2.24) is 4.90 Å². The van der Waals surface area contributed by atoms with Crippen molar-refractivity contribution in [3.8, 4) is 0 Å². The number of hydrogen-bond donors (Lipinski definition) is 1. The van der Waals surface area contributed by atoms with Crippen LogP contribution in [0.5, 0.6) is 0 Å². The van der Waals surface area contributed by atoms with Gasteiger partial charge in [0.25, 0.3) is 0 Å². The van der Waals surface area contributed by atoms with Gasteiger partial charge in [0.1, 0.15) is 0 Å².